The lowest BCUT2D eigenvalue weighted by Crippen LogP contribution is -2.14. The van der Waals surface area contributed by atoms with Crippen molar-refractivity contribution in [3.8, 4) is 17.1 Å². The summed E-state index contributed by atoms with van der Waals surface area (Å²) in [5.41, 5.74) is -0.114. The third-order valence-corrected chi connectivity index (χ3v) is 3.60. The molecular weight excluding hydrogens is 363 g/mol. The first kappa shape index (κ1) is 18.4. The van der Waals surface area contributed by atoms with Crippen molar-refractivity contribution in [1.82, 2.24) is 10.1 Å². The molecule has 2 aromatic carbocycles. The monoisotopic (exact) mass is 377 g/mol. The van der Waals surface area contributed by atoms with Gasteiger partial charge in [-0.1, -0.05) is 17.3 Å². The number of alkyl halides is 3. The number of amides is 1. The average Bonchev–Trinajstić information content (AvgIpc) is 3.10. The summed E-state index contributed by atoms with van der Waals surface area (Å²) in [5.74, 6) is 0.219. The van der Waals surface area contributed by atoms with Gasteiger partial charge in [0.05, 0.1) is 12.7 Å². The van der Waals surface area contributed by atoms with Crippen molar-refractivity contribution in [2.45, 2.75) is 12.6 Å². The molecule has 0 aliphatic carbocycles. The van der Waals surface area contributed by atoms with Crippen molar-refractivity contribution in [1.29, 1.82) is 0 Å². The lowest BCUT2D eigenvalue weighted by atomic mass is 10.1. The SMILES string of the molecule is COc1ccc(NC(=O)Cc2nc(-c3cccc(C(F)(F)F)c3)no2)cc1. The largest absolute Gasteiger partial charge is 0.497 e. The van der Waals surface area contributed by atoms with E-state index in [-0.39, 0.29) is 23.7 Å². The molecule has 3 aromatic rings. The van der Waals surface area contributed by atoms with Crippen LogP contribution in [0.5, 0.6) is 5.75 Å². The first-order valence-corrected chi connectivity index (χ1v) is 7.79. The number of hydrogen-bond donors (Lipinski definition) is 1. The number of benzene rings is 2. The van der Waals surface area contributed by atoms with E-state index in [1.165, 1.54) is 19.2 Å². The van der Waals surface area contributed by atoms with Gasteiger partial charge in [-0.15, -0.1) is 0 Å². The number of carbonyl (C=O) groups excluding carboxylic acids is 1. The quantitative estimate of drug-likeness (QED) is 0.729. The van der Waals surface area contributed by atoms with E-state index in [0.29, 0.717) is 11.4 Å². The molecule has 0 aliphatic heterocycles. The van der Waals surface area contributed by atoms with Crippen LogP contribution < -0.4 is 10.1 Å². The molecule has 0 saturated heterocycles. The zero-order valence-corrected chi connectivity index (χ0v) is 14.1. The summed E-state index contributed by atoms with van der Waals surface area (Å²) in [7, 11) is 1.53. The standard InChI is InChI=1S/C18H14F3N3O3/c1-26-14-7-5-13(6-8-14)22-15(25)10-16-23-17(24-27-16)11-3-2-4-12(9-11)18(19,20)21/h2-9H,10H2,1H3,(H,22,25). The highest BCUT2D eigenvalue weighted by molar-refractivity contribution is 5.91. The van der Waals surface area contributed by atoms with Crippen LogP contribution in [0.4, 0.5) is 18.9 Å². The summed E-state index contributed by atoms with van der Waals surface area (Å²) < 4.78 is 48.4. The predicted octanol–water partition coefficient (Wildman–Crippen LogP) is 3.95. The lowest BCUT2D eigenvalue weighted by molar-refractivity contribution is -0.137. The Labute approximate surface area is 152 Å². The fourth-order valence-corrected chi connectivity index (χ4v) is 2.30. The molecular formula is C18H14F3N3O3. The van der Waals surface area contributed by atoms with Crippen molar-refractivity contribution in [3.63, 3.8) is 0 Å². The minimum absolute atomic E-state index is 0.00609. The topological polar surface area (TPSA) is 77.2 Å². The van der Waals surface area contributed by atoms with E-state index in [4.69, 9.17) is 9.26 Å². The lowest BCUT2D eigenvalue weighted by Gasteiger charge is -2.06. The number of carbonyl (C=O) groups is 1. The fourth-order valence-electron chi connectivity index (χ4n) is 2.30. The van der Waals surface area contributed by atoms with E-state index in [0.717, 1.165) is 12.1 Å². The Hall–Kier alpha value is -3.36. The molecule has 1 amide bonds. The average molecular weight is 377 g/mol. The number of ether oxygens (including phenoxy) is 1. The molecule has 1 N–H and O–H groups in total. The van der Waals surface area contributed by atoms with Gasteiger partial charge in [-0.2, -0.15) is 18.2 Å². The molecule has 9 heteroatoms. The van der Waals surface area contributed by atoms with Crippen LogP contribution in [0.1, 0.15) is 11.5 Å². The molecule has 0 saturated carbocycles. The Morgan fingerprint density at radius 1 is 1.19 bits per heavy atom. The van der Waals surface area contributed by atoms with Crippen LogP contribution >= 0.6 is 0 Å². The predicted molar refractivity (Wildman–Crippen MR) is 90.1 cm³/mol. The van der Waals surface area contributed by atoms with E-state index in [1.807, 2.05) is 0 Å². The second-order valence-corrected chi connectivity index (χ2v) is 5.54. The number of nitrogens with one attached hydrogen (secondary N) is 1. The summed E-state index contributed by atoms with van der Waals surface area (Å²) >= 11 is 0. The second-order valence-electron chi connectivity index (χ2n) is 5.54. The normalized spacial score (nSPS) is 11.3. The number of rotatable bonds is 5. The molecule has 3 rings (SSSR count). The van der Waals surface area contributed by atoms with E-state index in [1.54, 1.807) is 24.3 Å². The van der Waals surface area contributed by atoms with Crippen LogP contribution in [0, 0.1) is 0 Å². The van der Waals surface area contributed by atoms with Gasteiger partial charge < -0.3 is 14.6 Å². The first-order valence-electron chi connectivity index (χ1n) is 7.79. The zero-order valence-electron chi connectivity index (χ0n) is 14.1. The molecule has 27 heavy (non-hydrogen) atoms. The molecule has 140 valence electrons. The van der Waals surface area contributed by atoms with E-state index < -0.39 is 17.6 Å². The molecule has 0 fully saturated rings. The molecule has 0 atom stereocenters. The van der Waals surface area contributed by atoms with Crippen LogP contribution in [-0.4, -0.2) is 23.2 Å². The Bertz CT molecular complexity index is 937. The van der Waals surface area contributed by atoms with Crippen LogP contribution in [0.15, 0.2) is 53.1 Å². The minimum Gasteiger partial charge on any atom is -0.497 e. The molecule has 0 spiro atoms. The minimum atomic E-state index is -4.47. The van der Waals surface area contributed by atoms with Gasteiger partial charge in [-0.3, -0.25) is 4.79 Å². The zero-order chi connectivity index (χ0) is 19.4. The van der Waals surface area contributed by atoms with Gasteiger partial charge in [0.2, 0.25) is 17.6 Å². The second kappa shape index (κ2) is 7.48. The van der Waals surface area contributed by atoms with E-state index in [2.05, 4.69) is 15.5 Å². The molecule has 0 aliphatic rings. The van der Waals surface area contributed by atoms with Gasteiger partial charge >= 0.3 is 6.18 Å². The molecule has 0 radical (unpaired) electrons. The number of halogens is 3. The van der Waals surface area contributed by atoms with Gasteiger partial charge in [-0.05, 0) is 36.4 Å². The van der Waals surface area contributed by atoms with Crippen molar-refractivity contribution in [3.05, 3.63) is 60.0 Å². The summed E-state index contributed by atoms with van der Waals surface area (Å²) in [6.07, 6.45) is -4.68. The Morgan fingerprint density at radius 3 is 2.59 bits per heavy atom. The van der Waals surface area contributed by atoms with Gasteiger partial charge in [0.15, 0.2) is 0 Å². The smallest absolute Gasteiger partial charge is 0.416 e. The van der Waals surface area contributed by atoms with Gasteiger partial charge in [0.25, 0.3) is 0 Å². The van der Waals surface area contributed by atoms with Gasteiger partial charge in [-0.25, -0.2) is 0 Å². The van der Waals surface area contributed by atoms with E-state index in [9.17, 15) is 18.0 Å². The van der Waals surface area contributed by atoms with Crippen LogP contribution in [0.3, 0.4) is 0 Å². The highest BCUT2D eigenvalue weighted by atomic mass is 19.4. The third kappa shape index (κ3) is 4.63. The summed E-state index contributed by atoms with van der Waals surface area (Å²) in [6.45, 7) is 0. The molecule has 0 unspecified atom stereocenters. The first-order chi connectivity index (χ1) is 12.8. The summed E-state index contributed by atoms with van der Waals surface area (Å²) in [4.78, 5) is 16.0. The molecule has 1 aromatic heterocycles. The van der Waals surface area contributed by atoms with E-state index >= 15 is 0 Å². The molecule has 1 heterocycles. The van der Waals surface area contributed by atoms with Crippen LogP contribution in [0.2, 0.25) is 0 Å². The number of hydrogen-bond acceptors (Lipinski definition) is 5. The number of nitrogens with zero attached hydrogens (tertiary/aromatic N) is 2. The fraction of sp³-hybridized carbons (Fsp3) is 0.167. The number of methoxy groups -OCH3 is 1. The Balaban J connectivity index is 1.68. The molecule has 6 nitrogen and oxygen atoms in total. The maximum atomic E-state index is 12.8. The number of aromatic nitrogens is 2. The Kier molecular flexibility index (Phi) is 5.11. The van der Waals surface area contributed by atoms with Crippen molar-refractivity contribution >= 4 is 11.6 Å². The van der Waals surface area contributed by atoms with Crippen LogP contribution in [0.25, 0.3) is 11.4 Å². The highest BCUT2D eigenvalue weighted by Crippen LogP contribution is 2.31. The highest BCUT2D eigenvalue weighted by Gasteiger charge is 2.30. The van der Waals surface area contributed by atoms with Gasteiger partial charge in [0.1, 0.15) is 12.2 Å². The summed E-state index contributed by atoms with van der Waals surface area (Å²) in [5, 5.41) is 6.29. The van der Waals surface area contributed by atoms with Crippen molar-refractivity contribution < 1.29 is 27.2 Å². The third-order valence-electron chi connectivity index (χ3n) is 3.60. The van der Waals surface area contributed by atoms with Crippen LogP contribution in [-0.2, 0) is 17.4 Å². The van der Waals surface area contributed by atoms with Crippen molar-refractivity contribution in [2.75, 3.05) is 12.4 Å². The molecule has 0 bridgehead atoms. The maximum Gasteiger partial charge on any atom is 0.416 e. The van der Waals surface area contributed by atoms with Gasteiger partial charge in [0, 0.05) is 11.3 Å². The van der Waals surface area contributed by atoms with Crippen molar-refractivity contribution in [2.24, 2.45) is 0 Å². The number of anilines is 1. The Morgan fingerprint density at radius 2 is 1.93 bits per heavy atom. The maximum absolute atomic E-state index is 12.8. The summed E-state index contributed by atoms with van der Waals surface area (Å²) in [6, 6.07) is 11.3.